The second-order valence-electron chi connectivity index (χ2n) is 2.19. The topological polar surface area (TPSA) is 54.7 Å². The van der Waals surface area contributed by atoms with Crippen molar-refractivity contribution in [2.24, 2.45) is 4.99 Å². The number of ether oxygens (including phenoxy) is 2. The molecule has 12 heavy (non-hydrogen) atoms. The molecule has 0 aromatic heterocycles. The third-order valence-electron chi connectivity index (χ3n) is 1.45. The van der Waals surface area contributed by atoms with Crippen LogP contribution in [0.3, 0.4) is 0 Å². The van der Waals surface area contributed by atoms with Crippen LogP contribution in [0.5, 0.6) is 0 Å². The lowest BCUT2D eigenvalue weighted by Crippen LogP contribution is -2.15. The first-order valence-corrected chi connectivity index (χ1v) is 3.35. The number of dihydropyridines is 1. The lowest BCUT2D eigenvalue weighted by molar-refractivity contribution is 0.285. The minimum Gasteiger partial charge on any atom is -0.491 e. The molecule has 0 unspecified atom stereocenters. The van der Waals surface area contributed by atoms with E-state index in [0.29, 0.717) is 17.4 Å². The Morgan fingerprint density at radius 1 is 1.42 bits per heavy atom. The van der Waals surface area contributed by atoms with E-state index < -0.39 is 0 Å². The molecule has 0 fully saturated rings. The van der Waals surface area contributed by atoms with Crippen LogP contribution >= 0.6 is 0 Å². The van der Waals surface area contributed by atoms with Crippen LogP contribution in [0.25, 0.3) is 0 Å². The lowest BCUT2D eigenvalue weighted by Gasteiger charge is -2.13. The van der Waals surface area contributed by atoms with Crippen LogP contribution in [0, 0.1) is 5.41 Å². The Morgan fingerprint density at radius 2 is 2.08 bits per heavy atom. The SMILES string of the molecule is C=C1N=C(OC)C(OC)=CC1=N. The van der Waals surface area contributed by atoms with Crippen LogP contribution in [0.15, 0.2) is 29.1 Å². The highest BCUT2D eigenvalue weighted by Crippen LogP contribution is 2.12. The predicted octanol–water partition coefficient (Wildman–Crippen LogP) is 1.11. The maximum Gasteiger partial charge on any atom is 0.257 e. The molecule has 0 radical (unpaired) electrons. The van der Waals surface area contributed by atoms with Crippen LogP contribution in [-0.2, 0) is 9.47 Å². The molecular formula is C8H10N2O2. The van der Waals surface area contributed by atoms with E-state index in [9.17, 15) is 0 Å². The first-order valence-electron chi connectivity index (χ1n) is 3.35. The average Bonchev–Trinajstić information content (AvgIpc) is 2.09. The first kappa shape index (κ1) is 8.52. The van der Waals surface area contributed by atoms with Gasteiger partial charge in [0.15, 0.2) is 5.76 Å². The molecule has 0 aliphatic carbocycles. The maximum absolute atomic E-state index is 7.37. The molecule has 1 N–H and O–H groups in total. The Bertz CT molecular complexity index is 259. The fraction of sp³-hybridized carbons (Fsp3) is 0.250. The summed E-state index contributed by atoms with van der Waals surface area (Å²) in [5.74, 6) is 0.813. The molecule has 1 rings (SSSR count). The van der Waals surface area contributed by atoms with Crippen molar-refractivity contribution in [2.75, 3.05) is 14.2 Å². The maximum atomic E-state index is 7.37. The monoisotopic (exact) mass is 166 g/mol. The largest absolute Gasteiger partial charge is 0.491 e. The molecule has 0 atom stereocenters. The van der Waals surface area contributed by atoms with Crippen molar-refractivity contribution in [3.8, 4) is 0 Å². The van der Waals surface area contributed by atoms with Gasteiger partial charge in [0.05, 0.1) is 25.6 Å². The van der Waals surface area contributed by atoms with Gasteiger partial charge in [0.2, 0.25) is 0 Å². The molecule has 4 nitrogen and oxygen atoms in total. The molecule has 1 aliphatic rings. The summed E-state index contributed by atoms with van der Waals surface area (Å²) in [6, 6.07) is 0. The highest BCUT2D eigenvalue weighted by atomic mass is 16.5. The van der Waals surface area contributed by atoms with E-state index in [4.69, 9.17) is 14.9 Å². The van der Waals surface area contributed by atoms with Crippen LogP contribution < -0.4 is 0 Å². The van der Waals surface area contributed by atoms with E-state index in [2.05, 4.69) is 11.6 Å². The van der Waals surface area contributed by atoms with Gasteiger partial charge in [-0.15, -0.1) is 0 Å². The molecule has 0 saturated carbocycles. The summed E-state index contributed by atoms with van der Waals surface area (Å²) in [5.41, 5.74) is 0.625. The smallest absolute Gasteiger partial charge is 0.257 e. The summed E-state index contributed by atoms with van der Waals surface area (Å²) in [5, 5.41) is 7.37. The van der Waals surface area contributed by atoms with Crippen molar-refractivity contribution >= 4 is 11.6 Å². The number of methoxy groups -OCH3 is 2. The number of rotatable bonds is 1. The van der Waals surface area contributed by atoms with Crippen LogP contribution in [0.4, 0.5) is 0 Å². The van der Waals surface area contributed by atoms with Crippen molar-refractivity contribution in [1.82, 2.24) is 0 Å². The molecule has 0 bridgehead atoms. The van der Waals surface area contributed by atoms with E-state index in [1.54, 1.807) is 0 Å². The van der Waals surface area contributed by atoms with Crippen molar-refractivity contribution in [3.63, 3.8) is 0 Å². The minimum absolute atomic E-state index is 0.243. The zero-order valence-electron chi connectivity index (χ0n) is 7.05. The van der Waals surface area contributed by atoms with E-state index in [1.165, 1.54) is 20.3 Å². The fourth-order valence-electron chi connectivity index (χ4n) is 0.807. The van der Waals surface area contributed by atoms with Gasteiger partial charge in [-0.2, -0.15) is 0 Å². The quantitative estimate of drug-likeness (QED) is 0.634. The van der Waals surface area contributed by atoms with Crippen molar-refractivity contribution in [1.29, 1.82) is 5.41 Å². The van der Waals surface area contributed by atoms with E-state index in [0.717, 1.165) is 0 Å². The van der Waals surface area contributed by atoms with Crippen molar-refractivity contribution in [3.05, 3.63) is 24.1 Å². The molecule has 0 spiro atoms. The number of aliphatic imine (C=N–C) groups is 1. The lowest BCUT2D eigenvalue weighted by atomic mass is 10.2. The van der Waals surface area contributed by atoms with Gasteiger partial charge in [0, 0.05) is 6.08 Å². The Balaban J connectivity index is 3.00. The molecule has 1 heterocycles. The van der Waals surface area contributed by atoms with Gasteiger partial charge in [0.1, 0.15) is 0 Å². The van der Waals surface area contributed by atoms with E-state index in [1.807, 2.05) is 0 Å². The van der Waals surface area contributed by atoms with Gasteiger partial charge in [0.25, 0.3) is 5.90 Å². The molecule has 1 aliphatic heterocycles. The molecule has 0 aromatic carbocycles. The minimum atomic E-state index is 0.243. The number of hydrogen-bond acceptors (Lipinski definition) is 4. The van der Waals surface area contributed by atoms with Crippen LogP contribution in [0.1, 0.15) is 0 Å². The summed E-state index contributed by atoms with van der Waals surface area (Å²) in [4.78, 5) is 3.92. The van der Waals surface area contributed by atoms with Gasteiger partial charge >= 0.3 is 0 Å². The summed E-state index contributed by atoms with van der Waals surface area (Å²) >= 11 is 0. The third kappa shape index (κ3) is 1.37. The van der Waals surface area contributed by atoms with E-state index in [-0.39, 0.29) is 5.71 Å². The standard InChI is InChI=1S/C8H10N2O2/c1-5-6(9)4-7(11-2)8(10-5)12-3/h4,9H,1H2,2-3H3. The van der Waals surface area contributed by atoms with Gasteiger partial charge in [-0.05, 0) is 0 Å². The van der Waals surface area contributed by atoms with Crippen molar-refractivity contribution < 1.29 is 9.47 Å². The van der Waals surface area contributed by atoms with Crippen LogP contribution in [0.2, 0.25) is 0 Å². The Kier molecular flexibility index (Phi) is 2.28. The van der Waals surface area contributed by atoms with Gasteiger partial charge in [-0.25, -0.2) is 4.99 Å². The fourth-order valence-corrected chi connectivity index (χ4v) is 0.807. The normalized spacial score (nSPS) is 16.8. The summed E-state index contributed by atoms with van der Waals surface area (Å²) in [6.45, 7) is 3.57. The molecule has 4 heteroatoms. The summed E-state index contributed by atoms with van der Waals surface area (Å²) < 4.78 is 9.85. The highest BCUT2D eigenvalue weighted by molar-refractivity contribution is 6.14. The highest BCUT2D eigenvalue weighted by Gasteiger charge is 2.16. The molecule has 0 saturated heterocycles. The van der Waals surface area contributed by atoms with Gasteiger partial charge in [-0.1, -0.05) is 6.58 Å². The van der Waals surface area contributed by atoms with Gasteiger partial charge < -0.3 is 9.47 Å². The Morgan fingerprint density at radius 3 is 2.58 bits per heavy atom. The third-order valence-corrected chi connectivity index (χ3v) is 1.45. The first-order chi connectivity index (χ1) is 5.69. The Labute approximate surface area is 70.7 Å². The molecule has 64 valence electrons. The molecule has 0 amide bonds. The summed E-state index contributed by atoms with van der Waals surface area (Å²) in [7, 11) is 3.00. The summed E-state index contributed by atoms with van der Waals surface area (Å²) in [6.07, 6.45) is 1.52. The molecular weight excluding hydrogens is 156 g/mol. The van der Waals surface area contributed by atoms with Gasteiger partial charge in [-0.3, -0.25) is 5.41 Å². The van der Waals surface area contributed by atoms with E-state index >= 15 is 0 Å². The van der Waals surface area contributed by atoms with Crippen molar-refractivity contribution in [2.45, 2.75) is 0 Å². The average molecular weight is 166 g/mol. The van der Waals surface area contributed by atoms with Crippen LogP contribution in [-0.4, -0.2) is 25.8 Å². The predicted molar refractivity (Wildman–Crippen MR) is 46.4 cm³/mol. The number of nitrogens with zero attached hydrogens (tertiary/aromatic N) is 1. The molecule has 0 aromatic rings. The zero-order valence-corrected chi connectivity index (χ0v) is 7.05. The number of nitrogens with one attached hydrogen (secondary N) is 1. The second kappa shape index (κ2) is 3.21. The Hall–Kier alpha value is -1.58. The zero-order chi connectivity index (χ0) is 9.14. The second-order valence-corrected chi connectivity index (χ2v) is 2.19. The number of hydrogen-bond donors (Lipinski definition) is 1. The number of allylic oxidation sites excluding steroid dienone is 1.